The topological polar surface area (TPSA) is 80.2 Å². The fraction of sp³-hybridized carbons (Fsp3) is 0.0833. The molecule has 0 fully saturated rings. The van der Waals surface area contributed by atoms with Gasteiger partial charge in [0.2, 0.25) is 5.16 Å². The van der Waals surface area contributed by atoms with Crippen LogP contribution in [0.3, 0.4) is 0 Å². The summed E-state index contributed by atoms with van der Waals surface area (Å²) in [6, 6.07) is 4.00. The first kappa shape index (κ1) is 14.1. The Kier molecular flexibility index (Phi) is 3.82. The lowest BCUT2D eigenvalue weighted by atomic mass is 10.4. The summed E-state index contributed by atoms with van der Waals surface area (Å²) in [5.74, 6) is 0.775. The van der Waals surface area contributed by atoms with Gasteiger partial charge in [-0.1, -0.05) is 17.8 Å². The highest BCUT2D eigenvalue weighted by Crippen LogP contribution is 2.35. The Morgan fingerprint density at radius 3 is 3.00 bits per heavy atom. The molecule has 0 bridgehead atoms. The Morgan fingerprint density at radius 2 is 2.18 bits per heavy atom. The average Bonchev–Trinajstić information content (AvgIpc) is 3.27. The number of aromatic amines is 1. The SMILES string of the molecule is CSc1nc2ncnc(Sc3n[nH]c(-c4cccs4)n3)c2s1. The molecule has 0 aromatic carbocycles. The third-order valence-electron chi connectivity index (χ3n) is 2.72. The Balaban J connectivity index is 1.67. The van der Waals surface area contributed by atoms with Crippen molar-refractivity contribution < 1.29 is 0 Å². The molecule has 6 nitrogen and oxygen atoms in total. The summed E-state index contributed by atoms with van der Waals surface area (Å²) >= 11 is 6.24. The Labute approximate surface area is 141 Å². The fourth-order valence-corrected chi connectivity index (χ4v) is 4.77. The van der Waals surface area contributed by atoms with E-state index in [1.807, 2.05) is 23.8 Å². The van der Waals surface area contributed by atoms with Crippen LogP contribution in [-0.2, 0) is 0 Å². The third kappa shape index (κ3) is 2.62. The molecule has 0 spiro atoms. The zero-order valence-corrected chi connectivity index (χ0v) is 14.4. The van der Waals surface area contributed by atoms with Gasteiger partial charge in [-0.3, -0.25) is 5.10 Å². The van der Waals surface area contributed by atoms with Crippen molar-refractivity contribution in [2.24, 2.45) is 0 Å². The van der Waals surface area contributed by atoms with Crippen molar-refractivity contribution in [1.82, 2.24) is 30.1 Å². The summed E-state index contributed by atoms with van der Waals surface area (Å²) in [6.45, 7) is 0. The zero-order valence-electron chi connectivity index (χ0n) is 11.2. The molecule has 4 aromatic rings. The van der Waals surface area contributed by atoms with E-state index in [0.29, 0.717) is 5.16 Å². The molecule has 10 heteroatoms. The normalized spacial score (nSPS) is 11.3. The number of H-pyrrole nitrogens is 1. The predicted octanol–water partition coefficient (Wildman–Crippen LogP) is 3.81. The first-order valence-corrected chi connectivity index (χ1v) is 9.87. The van der Waals surface area contributed by atoms with Crippen LogP contribution in [0.5, 0.6) is 0 Å². The van der Waals surface area contributed by atoms with Crippen LogP contribution in [0, 0.1) is 0 Å². The monoisotopic (exact) mass is 364 g/mol. The second-order valence-corrected chi connectivity index (χ2v) is 8.02. The minimum absolute atomic E-state index is 0.641. The number of thiophene rings is 1. The first-order chi connectivity index (χ1) is 10.8. The highest BCUT2D eigenvalue weighted by atomic mass is 32.2. The summed E-state index contributed by atoms with van der Waals surface area (Å²) in [5.41, 5.74) is 0.723. The van der Waals surface area contributed by atoms with Gasteiger partial charge in [-0.25, -0.2) is 19.9 Å². The maximum absolute atomic E-state index is 4.51. The largest absolute Gasteiger partial charge is 0.257 e. The standard InChI is InChI=1S/C12H8N6S4/c1-19-12-16-9-7(21-12)10(14-5-13-9)22-11-15-8(17-18-11)6-3-2-4-20-6/h2-5H,1H3,(H,15,17,18). The van der Waals surface area contributed by atoms with Gasteiger partial charge in [0.1, 0.15) is 16.1 Å². The summed E-state index contributed by atoms with van der Waals surface area (Å²) in [7, 11) is 0. The summed E-state index contributed by atoms with van der Waals surface area (Å²) in [4.78, 5) is 18.6. The molecule has 4 heterocycles. The molecule has 0 saturated carbocycles. The zero-order chi connectivity index (χ0) is 14.9. The number of nitrogens with one attached hydrogen (secondary N) is 1. The molecule has 1 N–H and O–H groups in total. The van der Waals surface area contributed by atoms with E-state index in [2.05, 4.69) is 30.1 Å². The van der Waals surface area contributed by atoms with Gasteiger partial charge in [0.15, 0.2) is 15.8 Å². The fourth-order valence-electron chi connectivity index (χ4n) is 1.78. The van der Waals surface area contributed by atoms with E-state index < -0.39 is 0 Å². The lowest BCUT2D eigenvalue weighted by Crippen LogP contribution is -1.85. The minimum atomic E-state index is 0.641. The maximum Gasteiger partial charge on any atom is 0.215 e. The number of thiazole rings is 1. The molecular weight excluding hydrogens is 356 g/mol. The molecule has 4 rings (SSSR count). The molecule has 0 aliphatic heterocycles. The van der Waals surface area contributed by atoms with Gasteiger partial charge < -0.3 is 0 Å². The lowest BCUT2D eigenvalue weighted by molar-refractivity contribution is 0.968. The number of nitrogens with zero attached hydrogens (tertiary/aromatic N) is 5. The lowest BCUT2D eigenvalue weighted by Gasteiger charge is -1.95. The minimum Gasteiger partial charge on any atom is -0.257 e. The van der Waals surface area contributed by atoms with Crippen LogP contribution in [0.1, 0.15) is 0 Å². The molecule has 0 radical (unpaired) electrons. The maximum atomic E-state index is 4.51. The molecule has 110 valence electrons. The van der Waals surface area contributed by atoms with Crippen LogP contribution < -0.4 is 0 Å². The molecule has 0 atom stereocenters. The molecular formula is C12H8N6S4. The second kappa shape index (κ2) is 5.95. The smallest absolute Gasteiger partial charge is 0.215 e. The van der Waals surface area contributed by atoms with Gasteiger partial charge in [0.25, 0.3) is 0 Å². The van der Waals surface area contributed by atoms with Gasteiger partial charge >= 0.3 is 0 Å². The van der Waals surface area contributed by atoms with E-state index in [4.69, 9.17) is 0 Å². The third-order valence-corrected chi connectivity index (χ3v) is 6.63. The van der Waals surface area contributed by atoms with Crippen LogP contribution in [0.4, 0.5) is 0 Å². The van der Waals surface area contributed by atoms with E-state index in [9.17, 15) is 0 Å². The molecule has 22 heavy (non-hydrogen) atoms. The van der Waals surface area contributed by atoms with Crippen LogP contribution in [-0.4, -0.2) is 36.4 Å². The van der Waals surface area contributed by atoms with Gasteiger partial charge in [-0.05, 0) is 29.5 Å². The van der Waals surface area contributed by atoms with Crippen LogP contribution >= 0.6 is 46.2 Å². The highest BCUT2D eigenvalue weighted by molar-refractivity contribution is 8.00. The predicted molar refractivity (Wildman–Crippen MR) is 90.8 cm³/mol. The van der Waals surface area contributed by atoms with E-state index in [-0.39, 0.29) is 0 Å². The van der Waals surface area contributed by atoms with Crippen molar-refractivity contribution >= 4 is 56.5 Å². The van der Waals surface area contributed by atoms with E-state index in [1.54, 1.807) is 34.4 Å². The van der Waals surface area contributed by atoms with E-state index in [1.165, 1.54) is 18.1 Å². The number of aromatic nitrogens is 6. The molecule has 0 saturated heterocycles. The summed E-state index contributed by atoms with van der Waals surface area (Å²) < 4.78 is 1.95. The number of hydrogen-bond donors (Lipinski definition) is 1. The number of fused-ring (bicyclic) bond motifs is 1. The molecule has 0 unspecified atom stereocenters. The average molecular weight is 365 g/mol. The Morgan fingerprint density at radius 1 is 1.23 bits per heavy atom. The Hall–Kier alpha value is -1.49. The van der Waals surface area contributed by atoms with Crippen molar-refractivity contribution in [3.8, 4) is 10.7 Å². The second-order valence-electron chi connectivity index (χ2n) is 4.06. The Bertz CT molecular complexity index is 913. The van der Waals surface area contributed by atoms with Crippen LogP contribution in [0.15, 0.2) is 38.4 Å². The van der Waals surface area contributed by atoms with E-state index in [0.717, 1.165) is 30.4 Å². The van der Waals surface area contributed by atoms with Gasteiger partial charge in [0, 0.05) is 0 Å². The number of rotatable bonds is 4. The molecule has 4 aromatic heterocycles. The van der Waals surface area contributed by atoms with Crippen molar-refractivity contribution in [3.05, 3.63) is 23.8 Å². The van der Waals surface area contributed by atoms with Gasteiger partial charge in [0.05, 0.1) is 4.88 Å². The summed E-state index contributed by atoms with van der Waals surface area (Å²) in [5, 5.41) is 10.7. The number of thioether (sulfide) groups is 1. The van der Waals surface area contributed by atoms with Crippen molar-refractivity contribution in [3.63, 3.8) is 0 Å². The van der Waals surface area contributed by atoms with Gasteiger partial charge in [-0.15, -0.1) is 27.8 Å². The highest BCUT2D eigenvalue weighted by Gasteiger charge is 2.14. The van der Waals surface area contributed by atoms with Gasteiger partial charge in [-0.2, -0.15) is 0 Å². The van der Waals surface area contributed by atoms with Crippen molar-refractivity contribution in [2.45, 2.75) is 14.5 Å². The van der Waals surface area contributed by atoms with Crippen LogP contribution in [0.25, 0.3) is 21.0 Å². The van der Waals surface area contributed by atoms with Crippen molar-refractivity contribution in [2.75, 3.05) is 6.26 Å². The van der Waals surface area contributed by atoms with Crippen LogP contribution in [0.2, 0.25) is 0 Å². The van der Waals surface area contributed by atoms with Crippen molar-refractivity contribution in [1.29, 1.82) is 0 Å². The molecule has 0 amide bonds. The molecule has 0 aliphatic rings. The number of hydrogen-bond acceptors (Lipinski definition) is 9. The molecule has 0 aliphatic carbocycles. The van der Waals surface area contributed by atoms with E-state index >= 15 is 0 Å². The summed E-state index contributed by atoms with van der Waals surface area (Å²) in [6.07, 6.45) is 3.53. The first-order valence-electron chi connectivity index (χ1n) is 6.13. The quantitative estimate of drug-likeness (QED) is 0.436.